The predicted molar refractivity (Wildman–Crippen MR) is 145 cm³/mol. The third-order valence-corrected chi connectivity index (χ3v) is 7.27. The molecule has 0 aliphatic heterocycles. The summed E-state index contributed by atoms with van der Waals surface area (Å²) in [5.41, 5.74) is 4.71. The zero-order chi connectivity index (χ0) is 25.8. The molecule has 0 spiro atoms. The maximum Gasteiger partial charge on any atom is 0.320 e. The molecule has 2 aromatic heterocycles. The van der Waals surface area contributed by atoms with Crippen molar-refractivity contribution in [2.45, 2.75) is 38.1 Å². The van der Waals surface area contributed by atoms with E-state index in [2.05, 4.69) is 40.0 Å². The number of aromatic nitrogens is 4. The number of methoxy groups -OCH3 is 1. The van der Waals surface area contributed by atoms with Crippen LogP contribution in [0.25, 0.3) is 16.9 Å². The van der Waals surface area contributed by atoms with Crippen molar-refractivity contribution in [3.05, 3.63) is 84.2 Å². The predicted octanol–water partition coefficient (Wildman–Crippen LogP) is 5.30. The van der Waals surface area contributed by atoms with Gasteiger partial charge >= 0.3 is 6.03 Å². The fourth-order valence-electron chi connectivity index (χ4n) is 5.42. The molecule has 1 unspecified atom stereocenters. The second kappa shape index (κ2) is 11.0. The van der Waals surface area contributed by atoms with Gasteiger partial charge in [-0.15, -0.1) is 0 Å². The Hall–Kier alpha value is -3.91. The van der Waals surface area contributed by atoms with Crippen LogP contribution in [0.5, 0.6) is 0 Å². The molecule has 37 heavy (non-hydrogen) atoms. The molecule has 2 N–H and O–H groups in total. The maximum absolute atomic E-state index is 13.4. The zero-order valence-corrected chi connectivity index (χ0v) is 21.6. The first-order chi connectivity index (χ1) is 18.0. The van der Waals surface area contributed by atoms with Crippen LogP contribution in [-0.2, 0) is 11.8 Å². The Labute approximate surface area is 217 Å². The van der Waals surface area contributed by atoms with E-state index in [9.17, 15) is 4.79 Å². The Morgan fingerprint density at radius 2 is 1.81 bits per heavy atom. The van der Waals surface area contributed by atoms with E-state index in [1.165, 1.54) is 5.56 Å². The first-order valence-corrected chi connectivity index (χ1v) is 12.8. The molecule has 2 heterocycles. The number of hydrogen-bond donors (Lipinski definition) is 2. The topological polar surface area (TPSA) is 86.0 Å². The quantitative estimate of drug-likeness (QED) is 0.345. The standard InChI is InChI=1S/C29H34N6O2/c1-20-27(23-18-30-34(2)19-23)33-35(24-12-8-5-9-13-24)28(20)32-29(36)31-26-17-21(14-15-37-3)16-25(26)22-10-6-4-7-11-22/h4-13,18-19,21,25-26H,14-17H2,1-3H3,(H2,31,32,36)/t21?,25-,26+/m1/s1. The summed E-state index contributed by atoms with van der Waals surface area (Å²) in [5.74, 6) is 1.41. The van der Waals surface area contributed by atoms with Gasteiger partial charge < -0.3 is 10.1 Å². The summed E-state index contributed by atoms with van der Waals surface area (Å²) in [5, 5.41) is 15.6. The number of para-hydroxylation sites is 1. The lowest BCUT2D eigenvalue weighted by Gasteiger charge is -2.22. The van der Waals surface area contributed by atoms with Gasteiger partial charge in [0.1, 0.15) is 11.5 Å². The van der Waals surface area contributed by atoms with Gasteiger partial charge in [0.05, 0.1) is 11.9 Å². The van der Waals surface area contributed by atoms with Crippen molar-refractivity contribution >= 4 is 11.8 Å². The molecule has 192 valence electrons. The molecule has 1 fully saturated rings. The number of carbonyl (C=O) groups excluding carboxylic acids is 1. The van der Waals surface area contributed by atoms with E-state index in [0.29, 0.717) is 11.7 Å². The molecule has 0 radical (unpaired) electrons. The van der Waals surface area contributed by atoms with Crippen LogP contribution < -0.4 is 10.6 Å². The fraction of sp³-hybridized carbons (Fsp3) is 0.345. The molecule has 0 saturated heterocycles. The van der Waals surface area contributed by atoms with Gasteiger partial charge in [-0.3, -0.25) is 10.00 Å². The smallest absolute Gasteiger partial charge is 0.320 e. The van der Waals surface area contributed by atoms with Crippen LogP contribution in [0.15, 0.2) is 73.1 Å². The molecule has 0 bridgehead atoms. The number of carbonyl (C=O) groups is 1. The Morgan fingerprint density at radius 1 is 1.08 bits per heavy atom. The third kappa shape index (κ3) is 5.44. The van der Waals surface area contributed by atoms with E-state index in [1.54, 1.807) is 22.7 Å². The average Bonchev–Trinajstić information content (AvgIpc) is 3.61. The number of ether oxygens (including phenoxy) is 1. The van der Waals surface area contributed by atoms with Gasteiger partial charge in [0, 0.05) is 50.0 Å². The molecule has 1 aliphatic rings. The number of nitrogens with one attached hydrogen (secondary N) is 2. The molecule has 2 aromatic carbocycles. The normalized spacial score (nSPS) is 19.2. The monoisotopic (exact) mass is 498 g/mol. The van der Waals surface area contributed by atoms with Gasteiger partial charge in [0.15, 0.2) is 0 Å². The second-order valence-corrected chi connectivity index (χ2v) is 9.81. The number of hydrogen-bond acceptors (Lipinski definition) is 4. The molecule has 1 saturated carbocycles. The first kappa shape index (κ1) is 24.8. The Morgan fingerprint density at radius 3 is 2.49 bits per heavy atom. The molecular weight excluding hydrogens is 464 g/mol. The number of anilines is 1. The van der Waals surface area contributed by atoms with Crippen LogP contribution in [0.3, 0.4) is 0 Å². The van der Waals surface area contributed by atoms with Crippen LogP contribution in [-0.4, -0.2) is 45.4 Å². The first-order valence-electron chi connectivity index (χ1n) is 12.8. The third-order valence-electron chi connectivity index (χ3n) is 7.27. The molecule has 8 nitrogen and oxygen atoms in total. The highest BCUT2D eigenvalue weighted by atomic mass is 16.5. The SMILES string of the molecule is COCCC1C[C@H](NC(=O)Nc2c(C)c(-c3cnn(C)c3)nn2-c2ccccc2)[C@@H](c2ccccc2)C1. The van der Waals surface area contributed by atoms with Crippen molar-refractivity contribution in [3.8, 4) is 16.9 Å². The van der Waals surface area contributed by atoms with Crippen LogP contribution in [0.1, 0.15) is 36.3 Å². The highest BCUT2D eigenvalue weighted by molar-refractivity contribution is 5.91. The van der Waals surface area contributed by atoms with Crippen LogP contribution >= 0.6 is 0 Å². The molecule has 4 aromatic rings. The number of amides is 2. The highest BCUT2D eigenvalue weighted by Gasteiger charge is 2.36. The lowest BCUT2D eigenvalue weighted by atomic mass is 9.93. The van der Waals surface area contributed by atoms with Crippen molar-refractivity contribution in [1.82, 2.24) is 24.9 Å². The van der Waals surface area contributed by atoms with E-state index in [1.807, 2.05) is 56.6 Å². The largest absolute Gasteiger partial charge is 0.385 e. The zero-order valence-electron chi connectivity index (χ0n) is 21.6. The molecule has 2 amide bonds. The van der Waals surface area contributed by atoms with Gasteiger partial charge in [-0.05, 0) is 49.8 Å². The second-order valence-electron chi connectivity index (χ2n) is 9.81. The number of rotatable bonds is 8. The van der Waals surface area contributed by atoms with Crippen molar-refractivity contribution in [3.63, 3.8) is 0 Å². The lowest BCUT2D eigenvalue weighted by molar-refractivity contribution is 0.177. The van der Waals surface area contributed by atoms with E-state index >= 15 is 0 Å². The van der Waals surface area contributed by atoms with Crippen LogP contribution in [0.4, 0.5) is 10.6 Å². The van der Waals surface area contributed by atoms with E-state index in [-0.39, 0.29) is 18.0 Å². The minimum atomic E-state index is -0.226. The van der Waals surface area contributed by atoms with E-state index in [4.69, 9.17) is 9.84 Å². The molecule has 3 atom stereocenters. The Kier molecular flexibility index (Phi) is 7.37. The fourth-order valence-corrected chi connectivity index (χ4v) is 5.42. The number of benzene rings is 2. The summed E-state index contributed by atoms with van der Waals surface area (Å²) in [6.45, 7) is 2.71. The van der Waals surface area contributed by atoms with Crippen molar-refractivity contribution in [1.29, 1.82) is 0 Å². The highest BCUT2D eigenvalue weighted by Crippen LogP contribution is 2.40. The molecule has 1 aliphatic carbocycles. The maximum atomic E-state index is 13.4. The van der Waals surface area contributed by atoms with Crippen molar-refractivity contribution in [2.75, 3.05) is 19.0 Å². The summed E-state index contributed by atoms with van der Waals surface area (Å²) in [6, 6.07) is 20.1. The summed E-state index contributed by atoms with van der Waals surface area (Å²) >= 11 is 0. The molecule has 8 heteroatoms. The van der Waals surface area contributed by atoms with E-state index in [0.717, 1.165) is 48.4 Å². The van der Waals surface area contributed by atoms with Gasteiger partial charge in [-0.2, -0.15) is 10.2 Å². The summed E-state index contributed by atoms with van der Waals surface area (Å²) in [4.78, 5) is 13.4. The lowest BCUT2D eigenvalue weighted by Crippen LogP contribution is -2.40. The minimum Gasteiger partial charge on any atom is -0.385 e. The number of urea groups is 1. The molecule has 5 rings (SSSR count). The van der Waals surface area contributed by atoms with Gasteiger partial charge in [0.25, 0.3) is 0 Å². The van der Waals surface area contributed by atoms with Crippen molar-refractivity contribution < 1.29 is 9.53 Å². The molecular formula is C29H34N6O2. The van der Waals surface area contributed by atoms with Gasteiger partial charge in [-0.1, -0.05) is 48.5 Å². The summed E-state index contributed by atoms with van der Waals surface area (Å²) < 4.78 is 8.88. The summed E-state index contributed by atoms with van der Waals surface area (Å²) in [6.07, 6.45) is 6.67. The van der Waals surface area contributed by atoms with Gasteiger partial charge in [0.2, 0.25) is 0 Å². The summed E-state index contributed by atoms with van der Waals surface area (Å²) in [7, 11) is 3.62. The average molecular weight is 499 g/mol. The van der Waals surface area contributed by atoms with Gasteiger partial charge in [-0.25, -0.2) is 9.48 Å². The minimum absolute atomic E-state index is 0.0375. The Bertz CT molecular complexity index is 1330. The van der Waals surface area contributed by atoms with Crippen LogP contribution in [0.2, 0.25) is 0 Å². The Balaban J connectivity index is 1.41. The number of aryl methyl sites for hydroxylation is 1. The van der Waals surface area contributed by atoms with Crippen molar-refractivity contribution in [2.24, 2.45) is 13.0 Å². The van der Waals surface area contributed by atoms with E-state index < -0.39 is 0 Å². The van der Waals surface area contributed by atoms with Crippen LogP contribution in [0, 0.1) is 12.8 Å². The number of nitrogens with zero attached hydrogens (tertiary/aromatic N) is 4.